The first-order valence-electron chi connectivity index (χ1n) is 7.95. The molecule has 0 fully saturated rings. The van der Waals surface area contributed by atoms with Gasteiger partial charge >= 0.3 is 11.9 Å². The molecule has 0 heterocycles. The fraction of sp³-hybridized carbons (Fsp3) is 0.444. The van der Waals surface area contributed by atoms with E-state index in [0.717, 1.165) is 42.7 Å². The molecule has 0 saturated carbocycles. The van der Waals surface area contributed by atoms with Gasteiger partial charge in [-0.25, -0.2) is 9.59 Å². The van der Waals surface area contributed by atoms with Crippen molar-refractivity contribution in [1.82, 2.24) is 0 Å². The first kappa shape index (κ1) is 20.1. The largest absolute Gasteiger partial charge is 0.494 e. The zero-order valence-electron chi connectivity index (χ0n) is 14.2. The summed E-state index contributed by atoms with van der Waals surface area (Å²) in [6.45, 7) is 6.86. The molecule has 0 aliphatic rings. The van der Waals surface area contributed by atoms with Crippen LogP contribution in [0, 0.1) is 5.92 Å². The Morgan fingerprint density at radius 1 is 1.29 bits per heavy atom. The second kappa shape index (κ2) is 10.0. The minimum absolute atomic E-state index is 0.223. The van der Waals surface area contributed by atoms with Crippen molar-refractivity contribution in [3.8, 4) is 5.75 Å². The van der Waals surface area contributed by atoms with Crippen molar-refractivity contribution in [2.45, 2.75) is 44.9 Å². The second-order valence-corrected chi connectivity index (χ2v) is 6.89. The molecule has 24 heavy (non-hydrogen) atoms. The highest BCUT2D eigenvalue weighted by Gasteiger charge is 2.15. The summed E-state index contributed by atoms with van der Waals surface area (Å²) in [6.07, 6.45) is 3.34. The first-order valence-corrected chi connectivity index (χ1v) is 8.76. The zero-order chi connectivity index (χ0) is 18.1. The van der Waals surface area contributed by atoms with Gasteiger partial charge in [-0.15, -0.1) is 0 Å². The topological polar surface area (TPSA) is 83.8 Å². The Balaban J connectivity index is 3.03. The number of carboxylic acids is 2. The van der Waals surface area contributed by atoms with Crippen LogP contribution >= 0.6 is 11.8 Å². The molecule has 2 N–H and O–H groups in total. The minimum atomic E-state index is -1.28. The summed E-state index contributed by atoms with van der Waals surface area (Å²) >= 11 is 0.946. The van der Waals surface area contributed by atoms with Crippen molar-refractivity contribution >= 4 is 23.7 Å². The lowest BCUT2D eigenvalue weighted by molar-refractivity contribution is -0.134. The van der Waals surface area contributed by atoms with Crippen molar-refractivity contribution in [2.24, 2.45) is 5.92 Å². The van der Waals surface area contributed by atoms with Crippen LogP contribution in [0.25, 0.3) is 0 Å². The highest BCUT2D eigenvalue weighted by Crippen LogP contribution is 2.33. The molecule has 0 atom stereocenters. The van der Waals surface area contributed by atoms with Gasteiger partial charge in [-0.2, -0.15) is 0 Å². The van der Waals surface area contributed by atoms with E-state index in [-0.39, 0.29) is 4.91 Å². The molecule has 0 saturated heterocycles. The van der Waals surface area contributed by atoms with Gasteiger partial charge in [-0.1, -0.05) is 45.0 Å². The van der Waals surface area contributed by atoms with Crippen molar-refractivity contribution in [2.75, 3.05) is 6.61 Å². The summed E-state index contributed by atoms with van der Waals surface area (Å²) in [5.41, 5.74) is 0.983. The molecule has 0 aromatic heterocycles. The number of benzene rings is 1. The Kier molecular flexibility index (Phi) is 8.40. The van der Waals surface area contributed by atoms with Crippen LogP contribution in [0.15, 0.2) is 34.1 Å². The van der Waals surface area contributed by atoms with Gasteiger partial charge in [-0.3, -0.25) is 0 Å². The highest BCUT2D eigenvalue weighted by atomic mass is 32.2. The van der Waals surface area contributed by atoms with Crippen LogP contribution in [-0.2, 0) is 16.0 Å². The molecule has 0 unspecified atom stereocenters. The predicted octanol–water partition coefficient (Wildman–Crippen LogP) is 4.21. The number of rotatable bonds is 10. The fourth-order valence-electron chi connectivity index (χ4n) is 1.97. The number of hydrogen-bond donors (Lipinski definition) is 2. The number of aryl methyl sites for hydroxylation is 1. The number of hydrogen-bond acceptors (Lipinski definition) is 4. The van der Waals surface area contributed by atoms with Crippen LogP contribution < -0.4 is 4.74 Å². The third-order valence-corrected chi connectivity index (χ3v) is 4.32. The number of thioether (sulfide) groups is 1. The summed E-state index contributed by atoms with van der Waals surface area (Å²) in [6, 6.07) is 5.57. The van der Waals surface area contributed by atoms with Gasteiger partial charge in [0.05, 0.1) is 6.61 Å². The molecule has 0 aliphatic heterocycles. The van der Waals surface area contributed by atoms with Gasteiger partial charge in [0.15, 0.2) is 0 Å². The summed E-state index contributed by atoms with van der Waals surface area (Å²) in [4.78, 5) is 22.6. The third-order valence-electron chi connectivity index (χ3n) is 3.21. The molecule has 1 rings (SSSR count). The van der Waals surface area contributed by atoms with Crippen molar-refractivity contribution in [3.63, 3.8) is 0 Å². The smallest absolute Gasteiger partial charge is 0.342 e. The van der Waals surface area contributed by atoms with E-state index >= 15 is 0 Å². The molecule has 1 aromatic carbocycles. The molecule has 0 spiro atoms. The van der Waals surface area contributed by atoms with E-state index < -0.39 is 11.9 Å². The van der Waals surface area contributed by atoms with Crippen molar-refractivity contribution in [3.05, 3.63) is 34.7 Å². The van der Waals surface area contributed by atoms with Crippen LogP contribution in [0.1, 0.15) is 39.2 Å². The van der Waals surface area contributed by atoms with Crippen LogP contribution in [0.3, 0.4) is 0 Å². The number of carboxylic acid groups (broad SMARTS) is 2. The van der Waals surface area contributed by atoms with Gasteiger partial charge in [0.1, 0.15) is 10.7 Å². The average Bonchev–Trinajstić information content (AvgIpc) is 2.48. The standard InChI is InChI=1S/C18H24O5S/c1-4-5-13-6-7-14(23-9-8-12(2)3)10-15(13)24-16(18(21)22)11-17(19)20/h6-7,10-12H,4-5,8-9H2,1-3H3,(H,19,20)(H,21,22)/b16-11-. The SMILES string of the molecule is CCCc1ccc(OCCC(C)C)cc1S/C(=C\C(=O)O)C(=O)O. The van der Waals surface area contributed by atoms with E-state index in [9.17, 15) is 14.7 Å². The van der Waals surface area contributed by atoms with Crippen LogP contribution in [0.4, 0.5) is 0 Å². The summed E-state index contributed by atoms with van der Waals surface area (Å²) in [5.74, 6) is -1.33. The van der Waals surface area contributed by atoms with Gasteiger partial charge in [-0.05, 0) is 36.5 Å². The Morgan fingerprint density at radius 3 is 2.54 bits per heavy atom. The van der Waals surface area contributed by atoms with Crippen LogP contribution in [-0.4, -0.2) is 28.8 Å². The lowest BCUT2D eigenvalue weighted by Gasteiger charge is -2.13. The molecule has 5 nitrogen and oxygen atoms in total. The predicted molar refractivity (Wildman–Crippen MR) is 94.6 cm³/mol. The molecule has 0 amide bonds. The Labute approximate surface area is 146 Å². The van der Waals surface area contributed by atoms with Crippen molar-refractivity contribution in [1.29, 1.82) is 0 Å². The van der Waals surface area contributed by atoms with Crippen LogP contribution in [0.2, 0.25) is 0 Å². The van der Waals surface area contributed by atoms with Gasteiger partial charge < -0.3 is 14.9 Å². The van der Waals surface area contributed by atoms with Crippen molar-refractivity contribution < 1.29 is 24.5 Å². The maximum atomic E-state index is 11.3. The molecule has 0 bridgehead atoms. The van der Waals surface area contributed by atoms with E-state index in [1.807, 2.05) is 19.1 Å². The fourth-order valence-corrected chi connectivity index (χ4v) is 2.93. The molecule has 0 radical (unpaired) electrons. The zero-order valence-corrected chi connectivity index (χ0v) is 15.1. The Morgan fingerprint density at radius 2 is 2.00 bits per heavy atom. The minimum Gasteiger partial charge on any atom is -0.494 e. The summed E-state index contributed by atoms with van der Waals surface area (Å²) in [7, 11) is 0. The quantitative estimate of drug-likeness (QED) is 0.485. The molecular weight excluding hydrogens is 328 g/mol. The third kappa shape index (κ3) is 7.08. The van der Waals surface area contributed by atoms with Crippen LogP contribution in [0.5, 0.6) is 5.75 Å². The maximum Gasteiger partial charge on any atom is 0.342 e. The Hall–Kier alpha value is -1.95. The van der Waals surface area contributed by atoms with E-state index in [0.29, 0.717) is 23.2 Å². The normalized spacial score (nSPS) is 11.6. The number of ether oxygens (including phenoxy) is 1. The number of carbonyl (C=O) groups is 2. The average molecular weight is 352 g/mol. The highest BCUT2D eigenvalue weighted by molar-refractivity contribution is 8.04. The molecule has 132 valence electrons. The van der Waals surface area contributed by atoms with Gasteiger partial charge in [0.2, 0.25) is 0 Å². The summed E-state index contributed by atoms with van der Waals surface area (Å²) < 4.78 is 5.72. The van der Waals surface area contributed by atoms with E-state index in [4.69, 9.17) is 9.84 Å². The molecule has 1 aromatic rings. The first-order chi connectivity index (χ1) is 11.3. The van der Waals surface area contributed by atoms with E-state index in [1.54, 1.807) is 6.07 Å². The lowest BCUT2D eigenvalue weighted by Crippen LogP contribution is -2.03. The van der Waals surface area contributed by atoms with E-state index in [1.165, 1.54) is 0 Å². The number of aliphatic carboxylic acids is 2. The second-order valence-electron chi connectivity index (χ2n) is 5.80. The Bertz CT molecular complexity index is 607. The molecule has 0 aliphatic carbocycles. The lowest BCUT2D eigenvalue weighted by atomic mass is 10.1. The maximum absolute atomic E-state index is 11.3. The monoisotopic (exact) mass is 352 g/mol. The van der Waals surface area contributed by atoms with Gasteiger partial charge in [0, 0.05) is 11.0 Å². The molecular formula is C18H24O5S. The van der Waals surface area contributed by atoms with Gasteiger partial charge in [0.25, 0.3) is 0 Å². The van der Waals surface area contributed by atoms with E-state index in [2.05, 4.69) is 13.8 Å². The summed E-state index contributed by atoms with van der Waals surface area (Å²) in [5, 5.41) is 18.0. The molecule has 6 heteroatoms.